The summed E-state index contributed by atoms with van der Waals surface area (Å²) in [6, 6.07) is 18.6. The highest BCUT2D eigenvalue weighted by atomic mass is 16.6. The van der Waals surface area contributed by atoms with E-state index in [1.54, 1.807) is 18.2 Å². The molecule has 0 spiro atoms. The first-order chi connectivity index (χ1) is 12.6. The van der Waals surface area contributed by atoms with E-state index in [1.165, 1.54) is 30.4 Å². The van der Waals surface area contributed by atoms with Crippen LogP contribution in [0.2, 0.25) is 0 Å². The quantitative estimate of drug-likeness (QED) is 0.268. The normalized spacial score (nSPS) is 10.8. The highest BCUT2D eigenvalue weighted by Gasteiger charge is 2.17. The first kappa shape index (κ1) is 17.2. The monoisotopic (exact) mass is 349 g/mol. The number of hydrogen-bond donors (Lipinski definition) is 0. The number of ether oxygens (including phenoxy) is 1. The van der Waals surface area contributed by atoms with Crippen molar-refractivity contribution < 1.29 is 18.9 Å². The van der Waals surface area contributed by atoms with Gasteiger partial charge in [-0.05, 0) is 42.5 Å². The SMILES string of the molecule is O=C(/C=C/c1ccc(COc2ccccc2)o1)c1ccccc1[N+](=O)[O-]. The van der Waals surface area contributed by atoms with E-state index < -0.39 is 10.7 Å². The largest absolute Gasteiger partial charge is 0.486 e. The van der Waals surface area contributed by atoms with E-state index in [4.69, 9.17) is 9.15 Å². The predicted octanol–water partition coefficient (Wildman–Crippen LogP) is 4.66. The summed E-state index contributed by atoms with van der Waals surface area (Å²) in [5.74, 6) is 1.33. The Morgan fingerprint density at radius 3 is 2.54 bits per heavy atom. The average molecular weight is 349 g/mol. The molecule has 0 fully saturated rings. The van der Waals surface area contributed by atoms with E-state index in [9.17, 15) is 14.9 Å². The first-order valence-electron chi connectivity index (χ1n) is 7.86. The van der Waals surface area contributed by atoms with Gasteiger partial charge in [0.1, 0.15) is 23.9 Å². The van der Waals surface area contributed by atoms with E-state index in [1.807, 2.05) is 30.3 Å². The summed E-state index contributed by atoms with van der Waals surface area (Å²) in [5, 5.41) is 11.0. The van der Waals surface area contributed by atoms with Gasteiger partial charge in [0.15, 0.2) is 5.78 Å². The maximum atomic E-state index is 12.2. The van der Waals surface area contributed by atoms with E-state index in [0.29, 0.717) is 11.5 Å². The zero-order valence-corrected chi connectivity index (χ0v) is 13.7. The Morgan fingerprint density at radius 2 is 1.77 bits per heavy atom. The molecule has 0 unspecified atom stereocenters. The zero-order chi connectivity index (χ0) is 18.4. The molecule has 0 amide bonds. The molecule has 3 rings (SSSR count). The molecule has 130 valence electrons. The fourth-order valence-electron chi connectivity index (χ4n) is 2.32. The van der Waals surface area contributed by atoms with Crippen LogP contribution in [0, 0.1) is 10.1 Å². The van der Waals surface area contributed by atoms with Crippen LogP contribution in [0.15, 0.2) is 77.2 Å². The lowest BCUT2D eigenvalue weighted by atomic mass is 10.1. The van der Waals surface area contributed by atoms with Crippen LogP contribution in [0.25, 0.3) is 6.08 Å². The summed E-state index contributed by atoms with van der Waals surface area (Å²) in [5.41, 5.74) is -0.188. The number of nitrogens with zero attached hydrogens (tertiary/aromatic N) is 1. The molecule has 0 saturated heterocycles. The van der Waals surface area contributed by atoms with Crippen LogP contribution < -0.4 is 4.74 Å². The Labute approximate surface area is 149 Å². The Balaban J connectivity index is 1.65. The third kappa shape index (κ3) is 4.24. The Kier molecular flexibility index (Phi) is 5.24. The van der Waals surface area contributed by atoms with Crippen LogP contribution in [-0.2, 0) is 6.61 Å². The fraction of sp³-hybridized carbons (Fsp3) is 0.0500. The molecule has 0 aliphatic heterocycles. The second kappa shape index (κ2) is 7.94. The molecule has 3 aromatic rings. The van der Waals surface area contributed by atoms with E-state index >= 15 is 0 Å². The average Bonchev–Trinajstić information content (AvgIpc) is 3.13. The minimum Gasteiger partial charge on any atom is -0.486 e. The summed E-state index contributed by atoms with van der Waals surface area (Å²) in [6.45, 7) is 0.260. The van der Waals surface area contributed by atoms with E-state index in [0.717, 1.165) is 5.75 Å². The molecular weight excluding hydrogens is 334 g/mol. The second-order valence-electron chi connectivity index (χ2n) is 5.38. The zero-order valence-electron chi connectivity index (χ0n) is 13.7. The number of nitro groups is 1. The molecule has 0 aliphatic rings. The van der Waals surface area contributed by atoms with Gasteiger partial charge in [-0.15, -0.1) is 0 Å². The van der Waals surface area contributed by atoms with Crippen molar-refractivity contribution in [3.8, 4) is 5.75 Å². The van der Waals surface area contributed by atoms with Crippen molar-refractivity contribution in [2.45, 2.75) is 6.61 Å². The number of para-hydroxylation sites is 2. The molecule has 2 aromatic carbocycles. The summed E-state index contributed by atoms with van der Waals surface area (Å²) >= 11 is 0. The van der Waals surface area contributed by atoms with Crippen molar-refractivity contribution in [3.63, 3.8) is 0 Å². The van der Waals surface area contributed by atoms with Crippen LogP contribution in [-0.4, -0.2) is 10.7 Å². The van der Waals surface area contributed by atoms with Crippen molar-refractivity contribution in [3.05, 3.63) is 100 Å². The lowest BCUT2D eigenvalue weighted by molar-refractivity contribution is -0.385. The number of furan rings is 1. The van der Waals surface area contributed by atoms with Crippen molar-refractivity contribution in [1.29, 1.82) is 0 Å². The van der Waals surface area contributed by atoms with Crippen molar-refractivity contribution in [2.75, 3.05) is 0 Å². The lowest BCUT2D eigenvalue weighted by Crippen LogP contribution is -2.00. The van der Waals surface area contributed by atoms with Crippen LogP contribution in [0.1, 0.15) is 21.9 Å². The lowest BCUT2D eigenvalue weighted by Gasteiger charge is -2.02. The number of carbonyl (C=O) groups is 1. The van der Waals surface area contributed by atoms with Gasteiger partial charge in [0.25, 0.3) is 5.69 Å². The minimum atomic E-state index is -0.576. The molecule has 1 heterocycles. The maximum Gasteiger partial charge on any atom is 0.280 e. The number of rotatable bonds is 7. The van der Waals surface area contributed by atoms with Crippen LogP contribution >= 0.6 is 0 Å². The van der Waals surface area contributed by atoms with Gasteiger partial charge in [0, 0.05) is 6.07 Å². The van der Waals surface area contributed by atoms with Crippen LogP contribution in [0.5, 0.6) is 5.75 Å². The molecule has 0 saturated carbocycles. The molecule has 0 radical (unpaired) electrons. The predicted molar refractivity (Wildman–Crippen MR) is 95.9 cm³/mol. The van der Waals surface area contributed by atoms with E-state index in [2.05, 4.69) is 0 Å². The molecular formula is C20H15NO5. The third-order valence-corrected chi connectivity index (χ3v) is 3.57. The molecule has 0 atom stereocenters. The van der Waals surface area contributed by atoms with Gasteiger partial charge in [-0.3, -0.25) is 14.9 Å². The highest BCUT2D eigenvalue weighted by molar-refractivity contribution is 6.09. The van der Waals surface area contributed by atoms with Crippen LogP contribution in [0.4, 0.5) is 5.69 Å². The molecule has 1 aromatic heterocycles. The molecule has 0 N–H and O–H groups in total. The first-order valence-corrected chi connectivity index (χ1v) is 7.86. The number of hydrogen-bond acceptors (Lipinski definition) is 5. The Bertz CT molecular complexity index is 944. The topological polar surface area (TPSA) is 82.6 Å². The number of nitro benzene ring substituents is 1. The number of carbonyl (C=O) groups excluding carboxylic acids is 1. The molecule has 6 heteroatoms. The van der Waals surface area contributed by atoms with Gasteiger partial charge >= 0.3 is 0 Å². The number of ketones is 1. The number of benzene rings is 2. The maximum absolute atomic E-state index is 12.2. The fourth-order valence-corrected chi connectivity index (χ4v) is 2.32. The van der Waals surface area contributed by atoms with Gasteiger partial charge in [-0.2, -0.15) is 0 Å². The molecule has 0 aliphatic carbocycles. The van der Waals surface area contributed by atoms with Gasteiger partial charge < -0.3 is 9.15 Å². The standard InChI is InChI=1S/C20H15NO5/c22-20(18-8-4-5-9-19(18)21(23)24)13-12-16-10-11-17(26-16)14-25-15-6-2-1-3-7-15/h1-13H,14H2/b13-12+. The molecule has 0 bridgehead atoms. The Morgan fingerprint density at radius 1 is 1.04 bits per heavy atom. The summed E-state index contributed by atoms with van der Waals surface area (Å²) < 4.78 is 11.2. The van der Waals surface area contributed by atoms with E-state index in [-0.39, 0.29) is 17.9 Å². The molecule has 6 nitrogen and oxygen atoms in total. The summed E-state index contributed by atoms with van der Waals surface area (Å²) in [6.07, 6.45) is 2.73. The van der Waals surface area contributed by atoms with Crippen molar-refractivity contribution in [2.24, 2.45) is 0 Å². The molecule has 26 heavy (non-hydrogen) atoms. The smallest absolute Gasteiger partial charge is 0.280 e. The minimum absolute atomic E-state index is 0.0351. The van der Waals surface area contributed by atoms with Crippen molar-refractivity contribution >= 4 is 17.5 Å². The van der Waals surface area contributed by atoms with Gasteiger partial charge in [0.05, 0.1) is 10.5 Å². The third-order valence-electron chi connectivity index (χ3n) is 3.57. The van der Waals surface area contributed by atoms with Gasteiger partial charge in [-0.25, -0.2) is 0 Å². The van der Waals surface area contributed by atoms with Crippen LogP contribution in [0.3, 0.4) is 0 Å². The van der Waals surface area contributed by atoms with Gasteiger partial charge in [-0.1, -0.05) is 30.3 Å². The Hall–Kier alpha value is -3.67. The highest BCUT2D eigenvalue weighted by Crippen LogP contribution is 2.19. The van der Waals surface area contributed by atoms with Gasteiger partial charge in [0.2, 0.25) is 0 Å². The summed E-state index contributed by atoms with van der Waals surface area (Å²) in [7, 11) is 0. The number of allylic oxidation sites excluding steroid dienone is 1. The summed E-state index contributed by atoms with van der Waals surface area (Å²) in [4.78, 5) is 22.6. The second-order valence-corrected chi connectivity index (χ2v) is 5.38. The van der Waals surface area contributed by atoms with Crippen molar-refractivity contribution in [1.82, 2.24) is 0 Å².